The molecule has 1 aromatic heterocycles. The lowest BCUT2D eigenvalue weighted by atomic mass is 10.1. The molecular weight excluding hydrogens is 332 g/mol. The number of benzene rings is 1. The molecule has 3 rings (SSSR count). The fourth-order valence-corrected chi connectivity index (χ4v) is 4.10. The standard InChI is InChI=1S/C20H26N2O2S/c1-16-7-5-8-17(13-16)24-15-20(23)21-14-18(19-9-6-12-25-19)22-10-3-2-4-11-22/h5-9,12-13,18H,2-4,10-11,14-15H2,1H3,(H,21,23). The molecular formula is C20H26N2O2S. The zero-order chi connectivity index (χ0) is 17.5. The van der Waals surface area contributed by atoms with Crippen LogP contribution >= 0.6 is 11.3 Å². The normalized spacial score (nSPS) is 16.4. The number of hydrogen-bond donors (Lipinski definition) is 1. The van der Waals surface area contributed by atoms with Gasteiger partial charge in [-0.1, -0.05) is 24.6 Å². The zero-order valence-corrected chi connectivity index (χ0v) is 15.6. The summed E-state index contributed by atoms with van der Waals surface area (Å²) in [6, 6.07) is 12.3. The molecule has 1 fully saturated rings. The van der Waals surface area contributed by atoms with Crippen LogP contribution in [0.25, 0.3) is 0 Å². The van der Waals surface area contributed by atoms with Gasteiger partial charge in [-0.05, 0) is 62.0 Å². The molecule has 134 valence electrons. The van der Waals surface area contributed by atoms with Crippen LogP contribution in [0.1, 0.15) is 35.7 Å². The third-order valence-corrected chi connectivity index (χ3v) is 5.53. The second-order valence-electron chi connectivity index (χ2n) is 6.54. The molecule has 1 aliphatic rings. The van der Waals surface area contributed by atoms with Crippen molar-refractivity contribution in [1.82, 2.24) is 10.2 Å². The number of carbonyl (C=O) groups is 1. The lowest BCUT2D eigenvalue weighted by Gasteiger charge is -2.34. The Kier molecular flexibility index (Phi) is 6.48. The van der Waals surface area contributed by atoms with Gasteiger partial charge in [0.25, 0.3) is 5.91 Å². The maximum absolute atomic E-state index is 12.2. The van der Waals surface area contributed by atoms with E-state index in [1.54, 1.807) is 11.3 Å². The van der Waals surface area contributed by atoms with E-state index in [1.165, 1.54) is 24.1 Å². The number of likely N-dealkylation sites (tertiary alicyclic amines) is 1. The lowest BCUT2D eigenvalue weighted by molar-refractivity contribution is -0.123. The van der Waals surface area contributed by atoms with Crippen molar-refractivity contribution < 1.29 is 9.53 Å². The summed E-state index contributed by atoms with van der Waals surface area (Å²) in [5, 5.41) is 5.16. The van der Waals surface area contributed by atoms with Crippen molar-refractivity contribution in [2.24, 2.45) is 0 Å². The smallest absolute Gasteiger partial charge is 0.258 e. The van der Waals surface area contributed by atoms with Gasteiger partial charge in [-0.3, -0.25) is 9.69 Å². The van der Waals surface area contributed by atoms with E-state index in [0.717, 1.165) is 24.4 Å². The Balaban J connectivity index is 1.52. The van der Waals surface area contributed by atoms with E-state index in [4.69, 9.17) is 4.74 Å². The third-order valence-electron chi connectivity index (χ3n) is 4.56. The number of piperidine rings is 1. The summed E-state index contributed by atoms with van der Waals surface area (Å²) in [6.07, 6.45) is 3.79. The van der Waals surface area contributed by atoms with Crippen LogP contribution in [-0.2, 0) is 4.79 Å². The van der Waals surface area contributed by atoms with Crippen molar-refractivity contribution in [3.63, 3.8) is 0 Å². The Bertz CT molecular complexity index is 666. The third kappa shape index (κ3) is 5.31. The average molecular weight is 359 g/mol. The van der Waals surface area contributed by atoms with Crippen LogP contribution in [-0.4, -0.2) is 37.0 Å². The van der Waals surface area contributed by atoms with E-state index in [0.29, 0.717) is 6.54 Å². The quantitative estimate of drug-likeness (QED) is 0.819. The van der Waals surface area contributed by atoms with Gasteiger partial charge in [0.2, 0.25) is 0 Å². The Morgan fingerprint density at radius 3 is 2.80 bits per heavy atom. The average Bonchev–Trinajstić information content (AvgIpc) is 3.15. The highest BCUT2D eigenvalue weighted by Crippen LogP contribution is 2.27. The van der Waals surface area contributed by atoms with Gasteiger partial charge in [-0.25, -0.2) is 0 Å². The van der Waals surface area contributed by atoms with Crippen molar-refractivity contribution in [3.8, 4) is 5.75 Å². The van der Waals surface area contributed by atoms with Gasteiger partial charge in [0.15, 0.2) is 6.61 Å². The Morgan fingerprint density at radius 1 is 1.24 bits per heavy atom. The first kappa shape index (κ1) is 18.0. The molecule has 2 heterocycles. The Hall–Kier alpha value is -1.85. The minimum Gasteiger partial charge on any atom is -0.484 e. The number of carbonyl (C=O) groups excluding carboxylic acids is 1. The van der Waals surface area contributed by atoms with Crippen LogP contribution in [0.15, 0.2) is 41.8 Å². The topological polar surface area (TPSA) is 41.6 Å². The summed E-state index contributed by atoms with van der Waals surface area (Å²) < 4.78 is 5.59. The van der Waals surface area contributed by atoms with Gasteiger partial charge in [0, 0.05) is 11.4 Å². The number of thiophene rings is 1. The lowest BCUT2D eigenvalue weighted by Crippen LogP contribution is -2.41. The molecule has 0 spiro atoms. The van der Waals surface area contributed by atoms with E-state index in [9.17, 15) is 4.79 Å². The van der Waals surface area contributed by atoms with E-state index >= 15 is 0 Å². The van der Waals surface area contributed by atoms with Crippen LogP contribution in [0.3, 0.4) is 0 Å². The summed E-state index contributed by atoms with van der Waals surface area (Å²) >= 11 is 1.76. The Labute approximate surface area is 153 Å². The molecule has 1 saturated heterocycles. The first-order valence-corrected chi connectivity index (χ1v) is 9.84. The van der Waals surface area contributed by atoms with Crippen LogP contribution in [0.5, 0.6) is 5.75 Å². The van der Waals surface area contributed by atoms with E-state index in [-0.39, 0.29) is 18.6 Å². The molecule has 1 aliphatic heterocycles. The largest absolute Gasteiger partial charge is 0.484 e. The minimum absolute atomic E-state index is 0.0562. The number of nitrogens with one attached hydrogen (secondary N) is 1. The highest BCUT2D eigenvalue weighted by Gasteiger charge is 2.23. The van der Waals surface area contributed by atoms with E-state index < -0.39 is 0 Å². The van der Waals surface area contributed by atoms with Crippen LogP contribution in [0.4, 0.5) is 0 Å². The molecule has 1 unspecified atom stereocenters. The highest BCUT2D eigenvalue weighted by molar-refractivity contribution is 7.10. The summed E-state index contributed by atoms with van der Waals surface area (Å²) in [4.78, 5) is 16.0. The van der Waals surface area contributed by atoms with Crippen LogP contribution < -0.4 is 10.1 Å². The Morgan fingerprint density at radius 2 is 2.08 bits per heavy atom. The van der Waals surface area contributed by atoms with Crippen LogP contribution in [0, 0.1) is 6.92 Å². The summed E-state index contributed by atoms with van der Waals surface area (Å²) in [6.45, 7) is 4.92. The van der Waals surface area contributed by atoms with Gasteiger partial charge in [-0.15, -0.1) is 11.3 Å². The van der Waals surface area contributed by atoms with Gasteiger partial charge in [-0.2, -0.15) is 0 Å². The van der Waals surface area contributed by atoms with Gasteiger partial charge in [0.1, 0.15) is 5.75 Å². The molecule has 0 radical (unpaired) electrons. The summed E-state index contributed by atoms with van der Waals surface area (Å²) in [5.74, 6) is 0.668. The van der Waals surface area contributed by atoms with E-state index in [1.807, 2.05) is 31.2 Å². The molecule has 0 saturated carbocycles. The number of rotatable bonds is 7. The highest BCUT2D eigenvalue weighted by atomic mass is 32.1. The maximum atomic E-state index is 12.2. The predicted molar refractivity (Wildman–Crippen MR) is 102 cm³/mol. The molecule has 25 heavy (non-hydrogen) atoms. The summed E-state index contributed by atoms with van der Waals surface area (Å²) in [7, 11) is 0. The minimum atomic E-state index is -0.0694. The molecule has 0 aliphatic carbocycles. The van der Waals surface area contributed by atoms with Gasteiger partial charge >= 0.3 is 0 Å². The molecule has 1 amide bonds. The molecule has 0 bridgehead atoms. The fourth-order valence-electron chi connectivity index (χ4n) is 3.24. The molecule has 2 aromatic rings. The van der Waals surface area contributed by atoms with Crippen LogP contribution in [0.2, 0.25) is 0 Å². The monoisotopic (exact) mass is 358 g/mol. The van der Waals surface area contributed by atoms with Crippen molar-refractivity contribution >= 4 is 17.2 Å². The molecule has 5 heteroatoms. The van der Waals surface area contributed by atoms with Crippen molar-refractivity contribution in [1.29, 1.82) is 0 Å². The number of nitrogens with zero attached hydrogens (tertiary/aromatic N) is 1. The number of aryl methyl sites for hydroxylation is 1. The van der Waals surface area contributed by atoms with Crippen molar-refractivity contribution in [2.45, 2.75) is 32.2 Å². The second kappa shape index (κ2) is 9.02. The second-order valence-corrected chi connectivity index (χ2v) is 7.52. The number of amides is 1. The fraction of sp³-hybridized carbons (Fsp3) is 0.450. The van der Waals surface area contributed by atoms with Crippen molar-refractivity contribution in [3.05, 3.63) is 52.2 Å². The SMILES string of the molecule is Cc1cccc(OCC(=O)NCC(c2cccs2)N2CCCCC2)c1. The molecule has 1 aromatic carbocycles. The van der Waals surface area contributed by atoms with Gasteiger partial charge in [0.05, 0.1) is 6.04 Å². The molecule has 1 atom stereocenters. The number of hydrogen-bond acceptors (Lipinski definition) is 4. The zero-order valence-electron chi connectivity index (χ0n) is 14.7. The van der Waals surface area contributed by atoms with Crippen molar-refractivity contribution in [2.75, 3.05) is 26.2 Å². The predicted octanol–water partition coefficient (Wildman–Crippen LogP) is 3.78. The first-order valence-electron chi connectivity index (χ1n) is 8.96. The first-order chi connectivity index (χ1) is 12.2. The number of ether oxygens (including phenoxy) is 1. The van der Waals surface area contributed by atoms with E-state index in [2.05, 4.69) is 27.7 Å². The molecule has 4 nitrogen and oxygen atoms in total. The van der Waals surface area contributed by atoms with Gasteiger partial charge < -0.3 is 10.1 Å². The molecule has 1 N–H and O–H groups in total. The summed E-state index contributed by atoms with van der Waals surface area (Å²) in [5.41, 5.74) is 1.13. The maximum Gasteiger partial charge on any atom is 0.258 e.